The van der Waals surface area contributed by atoms with Crippen LogP contribution in [0.4, 0.5) is 5.69 Å². The minimum Gasteiger partial charge on any atom is -0.494 e. The van der Waals surface area contributed by atoms with Gasteiger partial charge in [-0.3, -0.25) is 9.52 Å². The number of rotatable bonds is 5. The smallest absolute Gasteiger partial charge is 0.306 e. The van der Waals surface area contributed by atoms with Crippen molar-refractivity contribution in [1.82, 2.24) is 4.98 Å². The fourth-order valence-corrected chi connectivity index (χ4v) is 4.02. The van der Waals surface area contributed by atoms with Crippen LogP contribution in [0.25, 0.3) is 0 Å². The lowest BCUT2D eigenvalue weighted by molar-refractivity contribution is 0.340. The highest BCUT2D eigenvalue weighted by Gasteiger charge is 2.20. The van der Waals surface area contributed by atoms with E-state index in [4.69, 9.17) is 4.74 Å². The van der Waals surface area contributed by atoms with Crippen molar-refractivity contribution in [2.24, 2.45) is 0 Å². The van der Waals surface area contributed by atoms with Crippen molar-refractivity contribution in [2.45, 2.75) is 18.1 Å². The second kappa shape index (κ2) is 5.68. The number of hydrogen-bond acceptors (Lipinski definition) is 5. The first-order valence-electron chi connectivity index (χ1n) is 5.88. The first-order valence-corrected chi connectivity index (χ1v) is 8.17. The Morgan fingerprint density at radius 2 is 2.15 bits per heavy atom. The maximum Gasteiger partial charge on any atom is 0.306 e. The highest BCUT2D eigenvalue weighted by Crippen LogP contribution is 2.23. The standard InChI is InChI=1S/C12H14N2O4S2/c1-3-18-10-6-4-5-9(7-10)14-20(16,17)11-8(2)13-12(15)19-11/h4-7,14H,3H2,1-2H3,(H,13,15). The number of sulfonamides is 1. The molecule has 20 heavy (non-hydrogen) atoms. The molecule has 0 radical (unpaired) electrons. The zero-order valence-corrected chi connectivity index (χ0v) is 12.6. The molecule has 6 nitrogen and oxygen atoms in total. The lowest BCUT2D eigenvalue weighted by Gasteiger charge is -2.09. The Morgan fingerprint density at radius 1 is 1.40 bits per heavy atom. The van der Waals surface area contributed by atoms with Crippen LogP contribution in [0.5, 0.6) is 5.75 Å². The summed E-state index contributed by atoms with van der Waals surface area (Å²) in [5.41, 5.74) is 0.713. The number of benzene rings is 1. The topological polar surface area (TPSA) is 88.3 Å². The Balaban J connectivity index is 2.31. The molecule has 8 heteroatoms. The molecule has 0 amide bonds. The second-order valence-electron chi connectivity index (χ2n) is 3.99. The molecule has 0 unspecified atom stereocenters. The number of aryl methyl sites for hydroxylation is 1. The number of H-pyrrole nitrogens is 1. The van der Waals surface area contributed by atoms with E-state index in [0.29, 0.717) is 35.1 Å². The number of thiazole rings is 1. The summed E-state index contributed by atoms with van der Waals surface area (Å²) in [6.45, 7) is 3.88. The van der Waals surface area contributed by atoms with Gasteiger partial charge in [0, 0.05) is 11.8 Å². The maximum atomic E-state index is 12.2. The first kappa shape index (κ1) is 14.6. The molecule has 0 atom stereocenters. The zero-order valence-electron chi connectivity index (χ0n) is 11.0. The molecule has 2 aromatic rings. The first-order chi connectivity index (χ1) is 9.42. The number of ether oxygens (including phenoxy) is 1. The van der Waals surface area contributed by atoms with Crippen LogP contribution >= 0.6 is 11.3 Å². The summed E-state index contributed by atoms with van der Waals surface area (Å²) in [6, 6.07) is 6.63. The van der Waals surface area contributed by atoms with Crippen LogP contribution in [-0.4, -0.2) is 20.0 Å². The lowest BCUT2D eigenvalue weighted by Crippen LogP contribution is -2.12. The number of nitrogens with one attached hydrogen (secondary N) is 2. The van der Waals surface area contributed by atoms with Crippen molar-refractivity contribution in [3.8, 4) is 5.75 Å². The van der Waals surface area contributed by atoms with Crippen molar-refractivity contribution < 1.29 is 13.2 Å². The summed E-state index contributed by atoms with van der Waals surface area (Å²) >= 11 is 0.662. The Morgan fingerprint density at radius 3 is 2.75 bits per heavy atom. The van der Waals surface area contributed by atoms with Gasteiger partial charge in [-0.1, -0.05) is 17.4 Å². The average molecular weight is 314 g/mol. The summed E-state index contributed by atoms with van der Waals surface area (Å²) in [7, 11) is -3.77. The minimum atomic E-state index is -3.77. The van der Waals surface area contributed by atoms with Gasteiger partial charge in [-0.2, -0.15) is 0 Å². The number of hydrogen-bond donors (Lipinski definition) is 2. The van der Waals surface area contributed by atoms with E-state index in [1.807, 2.05) is 6.92 Å². The van der Waals surface area contributed by atoms with Crippen molar-refractivity contribution >= 4 is 27.0 Å². The van der Waals surface area contributed by atoms with E-state index in [9.17, 15) is 13.2 Å². The average Bonchev–Trinajstić information content (AvgIpc) is 2.69. The molecule has 0 aliphatic rings. The van der Waals surface area contributed by atoms with Crippen LogP contribution in [0.3, 0.4) is 0 Å². The van der Waals surface area contributed by atoms with Crippen molar-refractivity contribution in [3.63, 3.8) is 0 Å². The van der Waals surface area contributed by atoms with Crippen LogP contribution in [0, 0.1) is 6.92 Å². The molecule has 1 aromatic heterocycles. The van der Waals surface area contributed by atoms with Gasteiger partial charge in [0.2, 0.25) is 0 Å². The van der Waals surface area contributed by atoms with E-state index in [0.717, 1.165) is 0 Å². The summed E-state index contributed by atoms with van der Waals surface area (Å²) in [5, 5.41) is 0. The van der Waals surface area contributed by atoms with Gasteiger partial charge >= 0.3 is 4.87 Å². The van der Waals surface area contributed by atoms with Crippen LogP contribution in [0.15, 0.2) is 33.3 Å². The predicted molar refractivity (Wildman–Crippen MR) is 78.1 cm³/mol. The highest BCUT2D eigenvalue weighted by molar-refractivity contribution is 7.94. The normalized spacial score (nSPS) is 11.3. The van der Waals surface area contributed by atoms with Gasteiger partial charge in [-0.25, -0.2) is 8.42 Å². The Kier molecular flexibility index (Phi) is 4.15. The highest BCUT2D eigenvalue weighted by atomic mass is 32.2. The number of anilines is 1. The van der Waals surface area contributed by atoms with Crippen molar-refractivity contribution in [3.05, 3.63) is 39.6 Å². The summed E-state index contributed by atoms with van der Waals surface area (Å²) in [4.78, 5) is 13.3. The Bertz CT molecular complexity index is 762. The fourth-order valence-electron chi connectivity index (χ4n) is 1.66. The van der Waals surface area contributed by atoms with Crippen LogP contribution in [-0.2, 0) is 10.0 Å². The molecule has 0 bridgehead atoms. The molecule has 108 valence electrons. The molecule has 2 N–H and O–H groups in total. The molecule has 0 aliphatic carbocycles. The maximum absolute atomic E-state index is 12.2. The SMILES string of the molecule is CCOc1cccc(NS(=O)(=O)c2sc(=O)[nH]c2C)c1. The summed E-state index contributed by atoms with van der Waals surface area (Å²) in [6.07, 6.45) is 0. The molecular formula is C12H14N2O4S2. The van der Waals surface area contributed by atoms with Gasteiger partial charge in [0.15, 0.2) is 4.21 Å². The van der Waals surface area contributed by atoms with Crippen LogP contribution in [0.2, 0.25) is 0 Å². The van der Waals surface area contributed by atoms with E-state index in [-0.39, 0.29) is 4.21 Å². The van der Waals surface area contributed by atoms with Gasteiger partial charge in [0.1, 0.15) is 5.75 Å². The van der Waals surface area contributed by atoms with E-state index in [1.165, 1.54) is 0 Å². The third-order valence-electron chi connectivity index (χ3n) is 2.42. The van der Waals surface area contributed by atoms with Gasteiger partial charge in [0.05, 0.1) is 12.3 Å². The molecule has 0 fully saturated rings. The zero-order chi connectivity index (χ0) is 14.8. The molecule has 1 heterocycles. The second-order valence-corrected chi connectivity index (χ2v) is 6.85. The number of aromatic nitrogens is 1. The molecular weight excluding hydrogens is 300 g/mol. The van der Waals surface area contributed by atoms with Crippen molar-refractivity contribution in [2.75, 3.05) is 11.3 Å². The van der Waals surface area contributed by atoms with Crippen LogP contribution in [0.1, 0.15) is 12.6 Å². The van der Waals surface area contributed by atoms with E-state index in [1.54, 1.807) is 31.2 Å². The monoisotopic (exact) mass is 314 g/mol. The Hall–Kier alpha value is -1.80. The molecule has 0 aliphatic heterocycles. The number of aromatic amines is 1. The quantitative estimate of drug-likeness (QED) is 0.883. The summed E-state index contributed by atoms with van der Waals surface area (Å²) < 4.78 is 32.1. The van der Waals surface area contributed by atoms with E-state index < -0.39 is 14.9 Å². The molecule has 1 aromatic carbocycles. The predicted octanol–water partition coefficient (Wildman–Crippen LogP) is 1.94. The molecule has 0 spiro atoms. The fraction of sp³-hybridized carbons (Fsp3) is 0.250. The van der Waals surface area contributed by atoms with Gasteiger partial charge in [-0.05, 0) is 26.0 Å². The molecule has 0 saturated carbocycles. The molecule has 0 saturated heterocycles. The van der Waals surface area contributed by atoms with Crippen molar-refractivity contribution in [1.29, 1.82) is 0 Å². The third-order valence-corrected chi connectivity index (χ3v) is 5.41. The Labute approximate surface area is 120 Å². The van der Waals surface area contributed by atoms with Crippen LogP contribution < -0.4 is 14.3 Å². The third kappa shape index (κ3) is 3.20. The van der Waals surface area contributed by atoms with Gasteiger partial charge < -0.3 is 9.72 Å². The minimum absolute atomic E-state index is 0.00990. The van der Waals surface area contributed by atoms with E-state index in [2.05, 4.69) is 9.71 Å². The largest absolute Gasteiger partial charge is 0.494 e. The van der Waals surface area contributed by atoms with E-state index >= 15 is 0 Å². The van der Waals surface area contributed by atoms with Gasteiger partial charge in [0.25, 0.3) is 10.0 Å². The van der Waals surface area contributed by atoms with Gasteiger partial charge in [-0.15, -0.1) is 0 Å². The molecule has 2 rings (SSSR count). The summed E-state index contributed by atoms with van der Waals surface area (Å²) in [5.74, 6) is 0.576. The lowest BCUT2D eigenvalue weighted by atomic mass is 10.3.